The number of carbonyl (C=O) groups is 1. The Bertz CT molecular complexity index is 1600. The van der Waals surface area contributed by atoms with Crippen LogP contribution in [0.4, 0.5) is 0 Å². The lowest BCUT2D eigenvalue weighted by molar-refractivity contribution is 0.0956. The zero-order valence-corrected chi connectivity index (χ0v) is 21.9. The molecule has 1 N–H and O–H groups in total. The summed E-state index contributed by atoms with van der Waals surface area (Å²) in [7, 11) is 0. The molecule has 0 aliphatic rings. The summed E-state index contributed by atoms with van der Waals surface area (Å²) in [6.07, 6.45) is 1.69. The Kier molecular flexibility index (Phi) is 7.93. The molecule has 1 heterocycles. The van der Waals surface area contributed by atoms with Gasteiger partial charge in [-0.25, -0.2) is 10.4 Å². The van der Waals surface area contributed by atoms with Crippen molar-refractivity contribution in [3.05, 3.63) is 126 Å². The molecule has 194 valence electrons. The zero-order chi connectivity index (χ0) is 27.0. The monoisotopic (exact) mass is 515 g/mol. The summed E-state index contributed by atoms with van der Waals surface area (Å²) in [6.45, 7) is 4.45. The van der Waals surface area contributed by atoms with Crippen LogP contribution >= 0.6 is 0 Å². The van der Waals surface area contributed by atoms with Gasteiger partial charge in [-0.3, -0.25) is 4.79 Å². The van der Waals surface area contributed by atoms with Crippen molar-refractivity contribution in [1.82, 2.24) is 10.4 Å². The van der Waals surface area contributed by atoms with E-state index in [2.05, 4.69) is 10.5 Å². The molecule has 5 rings (SSSR count). The van der Waals surface area contributed by atoms with Gasteiger partial charge in [-0.2, -0.15) is 5.10 Å². The first kappa shape index (κ1) is 25.7. The summed E-state index contributed by atoms with van der Waals surface area (Å²) in [5, 5.41) is 4.96. The number of hydrogen-bond donors (Lipinski definition) is 1. The van der Waals surface area contributed by atoms with E-state index in [9.17, 15) is 4.79 Å². The number of nitrogens with zero attached hydrogens (tertiary/aromatic N) is 2. The highest BCUT2D eigenvalue weighted by atomic mass is 16.5. The molecule has 0 saturated carbocycles. The van der Waals surface area contributed by atoms with E-state index in [1.54, 1.807) is 12.3 Å². The van der Waals surface area contributed by atoms with Crippen molar-refractivity contribution in [2.45, 2.75) is 26.6 Å². The van der Waals surface area contributed by atoms with Gasteiger partial charge in [0.05, 0.1) is 29.1 Å². The molecular formula is C33H29N3O3. The molecule has 0 atom stereocenters. The minimum Gasteiger partial charge on any atom is -0.491 e. The van der Waals surface area contributed by atoms with Gasteiger partial charge in [-0.1, -0.05) is 60.7 Å². The Labute approximate surface area is 227 Å². The molecule has 5 aromatic rings. The van der Waals surface area contributed by atoms with E-state index in [-0.39, 0.29) is 12.0 Å². The maximum Gasteiger partial charge on any atom is 0.272 e. The Morgan fingerprint density at radius 1 is 0.872 bits per heavy atom. The van der Waals surface area contributed by atoms with Crippen molar-refractivity contribution in [2.24, 2.45) is 5.10 Å². The van der Waals surface area contributed by atoms with Gasteiger partial charge < -0.3 is 9.47 Å². The minimum atomic E-state index is -0.317. The van der Waals surface area contributed by atoms with Gasteiger partial charge in [-0.15, -0.1) is 0 Å². The molecule has 0 aliphatic heterocycles. The van der Waals surface area contributed by atoms with Gasteiger partial charge in [0.2, 0.25) is 0 Å². The smallest absolute Gasteiger partial charge is 0.272 e. The van der Waals surface area contributed by atoms with E-state index in [0.29, 0.717) is 17.9 Å². The van der Waals surface area contributed by atoms with E-state index in [0.717, 1.165) is 39.1 Å². The Morgan fingerprint density at radius 3 is 2.44 bits per heavy atom. The quantitative estimate of drug-likeness (QED) is 0.169. The molecule has 0 fully saturated rings. The Balaban J connectivity index is 1.32. The average Bonchev–Trinajstić information content (AvgIpc) is 2.96. The van der Waals surface area contributed by atoms with Gasteiger partial charge in [0.1, 0.15) is 18.1 Å². The van der Waals surface area contributed by atoms with Crippen molar-refractivity contribution in [3.8, 4) is 22.8 Å². The minimum absolute atomic E-state index is 0.0924. The van der Waals surface area contributed by atoms with E-state index in [4.69, 9.17) is 14.5 Å². The number of hydrazone groups is 1. The zero-order valence-electron chi connectivity index (χ0n) is 21.9. The molecule has 39 heavy (non-hydrogen) atoms. The lowest BCUT2D eigenvalue weighted by Crippen LogP contribution is -2.18. The van der Waals surface area contributed by atoms with E-state index < -0.39 is 0 Å². The number of benzene rings is 4. The number of para-hydroxylation sites is 1. The van der Waals surface area contributed by atoms with Gasteiger partial charge >= 0.3 is 0 Å². The van der Waals surface area contributed by atoms with E-state index in [1.165, 1.54) is 0 Å². The third kappa shape index (κ3) is 6.67. The number of carbonyl (C=O) groups excluding carboxylic acids is 1. The molecule has 0 aliphatic carbocycles. The highest BCUT2D eigenvalue weighted by Crippen LogP contribution is 2.27. The van der Waals surface area contributed by atoms with Crippen LogP contribution in [-0.4, -0.2) is 23.2 Å². The fourth-order valence-corrected chi connectivity index (χ4v) is 4.14. The van der Waals surface area contributed by atoms with Gasteiger partial charge in [0.15, 0.2) is 0 Å². The van der Waals surface area contributed by atoms with Crippen molar-refractivity contribution < 1.29 is 14.3 Å². The summed E-state index contributed by atoms with van der Waals surface area (Å²) in [6, 6.07) is 34.6. The predicted octanol–water partition coefficient (Wildman–Crippen LogP) is 7.03. The SMILES string of the molecule is CC(C)Oc1ccc(-c2cc(C(=O)NN=Cc3cccc(OCc4ccccc4)c3)c3ccccc3n2)cc1. The lowest BCUT2D eigenvalue weighted by atomic mass is 10.0. The molecule has 0 unspecified atom stereocenters. The van der Waals surface area contributed by atoms with E-state index >= 15 is 0 Å². The number of nitrogens with one attached hydrogen (secondary N) is 1. The van der Waals surface area contributed by atoms with Crippen molar-refractivity contribution in [1.29, 1.82) is 0 Å². The van der Waals surface area contributed by atoms with Crippen LogP contribution < -0.4 is 14.9 Å². The molecule has 6 heteroatoms. The van der Waals surface area contributed by atoms with Crippen LogP contribution in [0.25, 0.3) is 22.2 Å². The third-order valence-electron chi connectivity index (χ3n) is 5.97. The van der Waals surface area contributed by atoms with Crippen molar-refractivity contribution in [3.63, 3.8) is 0 Å². The number of ether oxygens (including phenoxy) is 2. The second-order valence-electron chi connectivity index (χ2n) is 9.31. The third-order valence-corrected chi connectivity index (χ3v) is 5.97. The second kappa shape index (κ2) is 12.0. The van der Waals surface area contributed by atoms with E-state index in [1.807, 2.05) is 117 Å². The van der Waals surface area contributed by atoms with Crippen LogP contribution in [0.15, 0.2) is 114 Å². The maximum atomic E-state index is 13.2. The normalized spacial score (nSPS) is 11.2. The summed E-state index contributed by atoms with van der Waals surface area (Å²) in [5.74, 6) is 1.20. The largest absolute Gasteiger partial charge is 0.491 e. The highest BCUT2D eigenvalue weighted by Gasteiger charge is 2.14. The van der Waals surface area contributed by atoms with Gasteiger partial charge in [0.25, 0.3) is 5.91 Å². The number of rotatable bonds is 9. The first-order chi connectivity index (χ1) is 19.0. The summed E-state index contributed by atoms with van der Waals surface area (Å²) in [5.41, 5.74) is 7.38. The Morgan fingerprint density at radius 2 is 1.64 bits per heavy atom. The number of hydrogen-bond acceptors (Lipinski definition) is 5. The first-order valence-electron chi connectivity index (χ1n) is 12.8. The topological polar surface area (TPSA) is 72.8 Å². The molecule has 1 aromatic heterocycles. The lowest BCUT2D eigenvalue weighted by Gasteiger charge is -2.11. The first-order valence-corrected chi connectivity index (χ1v) is 12.8. The average molecular weight is 516 g/mol. The van der Waals surface area contributed by atoms with Crippen molar-refractivity contribution >= 4 is 23.0 Å². The van der Waals surface area contributed by atoms with Gasteiger partial charge in [-0.05, 0) is 73.5 Å². The molecule has 0 radical (unpaired) electrons. The Hall–Kier alpha value is -4.97. The predicted molar refractivity (Wildman–Crippen MR) is 155 cm³/mol. The molecular weight excluding hydrogens is 486 g/mol. The van der Waals surface area contributed by atoms with Crippen LogP contribution in [0.5, 0.6) is 11.5 Å². The fourth-order valence-electron chi connectivity index (χ4n) is 4.14. The summed E-state index contributed by atoms with van der Waals surface area (Å²) in [4.78, 5) is 18.0. The molecule has 4 aromatic carbocycles. The number of fused-ring (bicyclic) bond motifs is 1. The number of pyridine rings is 1. The molecule has 0 spiro atoms. The summed E-state index contributed by atoms with van der Waals surface area (Å²) >= 11 is 0. The van der Waals surface area contributed by atoms with Crippen LogP contribution in [0, 0.1) is 0 Å². The standard InChI is InChI=1S/C33H29N3O3/c1-23(2)39-27-17-15-26(16-18-27)32-20-30(29-13-6-7-14-31(29)35-32)33(37)36-34-21-25-11-8-12-28(19-25)38-22-24-9-4-3-5-10-24/h3-21,23H,22H2,1-2H3,(H,36,37). The van der Waals surface area contributed by atoms with Crippen LogP contribution in [0.3, 0.4) is 0 Å². The summed E-state index contributed by atoms with van der Waals surface area (Å²) < 4.78 is 11.6. The highest BCUT2D eigenvalue weighted by molar-refractivity contribution is 6.07. The van der Waals surface area contributed by atoms with Crippen molar-refractivity contribution in [2.75, 3.05) is 0 Å². The maximum absolute atomic E-state index is 13.2. The fraction of sp³-hybridized carbons (Fsp3) is 0.121. The van der Waals surface area contributed by atoms with Crippen LogP contribution in [0.2, 0.25) is 0 Å². The van der Waals surface area contributed by atoms with Crippen LogP contribution in [-0.2, 0) is 6.61 Å². The molecule has 0 saturated heterocycles. The van der Waals surface area contributed by atoms with Crippen LogP contribution in [0.1, 0.15) is 35.3 Å². The second-order valence-corrected chi connectivity index (χ2v) is 9.31. The number of aromatic nitrogens is 1. The van der Waals surface area contributed by atoms with Gasteiger partial charge in [0, 0.05) is 10.9 Å². The molecule has 1 amide bonds. The number of amides is 1. The molecule has 0 bridgehead atoms. The molecule has 6 nitrogen and oxygen atoms in total.